The quantitative estimate of drug-likeness (QED) is 0.742. The number of sulfone groups is 1. The Labute approximate surface area is 142 Å². The Morgan fingerprint density at radius 1 is 1.32 bits per heavy atom. The highest BCUT2D eigenvalue weighted by atomic mass is 32.2. The zero-order valence-electron chi connectivity index (χ0n) is 12.8. The van der Waals surface area contributed by atoms with Crippen LogP contribution in [0.15, 0.2) is 24.4 Å². The molecule has 0 bridgehead atoms. The van der Waals surface area contributed by atoms with Crippen molar-refractivity contribution in [2.45, 2.75) is 16.7 Å². The third kappa shape index (κ3) is 2.89. The lowest BCUT2D eigenvalue weighted by Crippen LogP contribution is -2.70. The molecule has 12 heteroatoms. The van der Waals surface area contributed by atoms with Gasteiger partial charge in [0.2, 0.25) is 5.88 Å². The second-order valence-corrected chi connectivity index (χ2v) is 10.4. The molecule has 2 aliphatic heterocycles. The van der Waals surface area contributed by atoms with Crippen molar-refractivity contribution in [2.75, 3.05) is 25.4 Å². The van der Waals surface area contributed by atoms with Crippen LogP contribution in [0.4, 0.5) is 13.2 Å². The van der Waals surface area contributed by atoms with Gasteiger partial charge in [-0.05, 0) is 12.5 Å². The van der Waals surface area contributed by atoms with Crippen molar-refractivity contribution < 1.29 is 34.7 Å². The molecule has 1 aromatic heterocycles. The number of ether oxygens (including phenoxy) is 1. The minimum atomic E-state index is -5.53. The van der Waals surface area contributed by atoms with E-state index in [1.807, 2.05) is 0 Å². The molecule has 2 saturated heterocycles. The second kappa shape index (κ2) is 5.81. The van der Waals surface area contributed by atoms with Crippen LogP contribution in [0.3, 0.4) is 0 Å². The van der Waals surface area contributed by atoms with Crippen molar-refractivity contribution >= 4 is 19.9 Å². The zero-order valence-corrected chi connectivity index (χ0v) is 14.4. The fourth-order valence-corrected chi connectivity index (χ4v) is 6.85. The van der Waals surface area contributed by atoms with Gasteiger partial charge in [-0.2, -0.15) is 17.5 Å². The van der Waals surface area contributed by atoms with Gasteiger partial charge in [0.1, 0.15) is 4.75 Å². The fraction of sp³-hybridized carbons (Fsp3) is 0.615. The summed E-state index contributed by atoms with van der Waals surface area (Å²) in [5.74, 6) is -0.538. The number of halogens is 3. The van der Waals surface area contributed by atoms with Gasteiger partial charge in [0.05, 0.1) is 12.4 Å². The van der Waals surface area contributed by atoms with Crippen LogP contribution in [-0.4, -0.2) is 61.8 Å². The molecule has 0 saturated carbocycles. The highest BCUT2D eigenvalue weighted by molar-refractivity contribution is 7.93. The first-order valence-electron chi connectivity index (χ1n) is 7.32. The Morgan fingerprint density at radius 3 is 2.56 bits per heavy atom. The lowest BCUT2D eigenvalue weighted by Gasteiger charge is -2.48. The molecular weight excluding hydrogens is 385 g/mol. The number of hydrogen-bond donors (Lipinski definition) is 0. The van der Waals surface area contributed by atoms with E-state index in [9.17, 15) is 30.0 Å². The monoisotopic (exact) mass is 400 g/mol. The molecule has 25 heavy (non-hydrogen) atoms. The maximum absolute atomic E-state index is 12.6. The van der Waals surface area contributed by atoms with Gasteiger partial charge in [-0.1, -0.05) is 6.07 Å². The minimum Gasteiger partial charge on any atom is -0.477 e. The highest BCUT2D eigenvalue weighted by Gasteiger charge is 2.67. The van der Waals surface area contributed by atoms with Crippen LogP contribution in [0.25, 0.3) is 0 Å². The van der Waals surface area contributed by atoms with Gasteiger partial charge < -0.3 is 4.74 Å². The molecule has 0 radical (unpaired) electrons. The van der Waals surface area contributed by atoms with Gasteiger partial charge in [0.15, 0.2) is 9.84 Å². The predicted octanol–water partition coefficient (Wildman–Crippen LogP) is 0.799. The average molecular weight is 400 g/mol. The Morgan fingerprint density at radius 2 is 2.00 bits per heavy atom. The van der Waals surface area contributed by atoms with Crippen LogP contribution >= 0.6 is 0 Å². The van der Waals surface area contributed by atoms with Crippen molar-refractivity contribution in [2.24, 2.45) is 5.92 Å². The van der Waals surface area contributed by atoms with E-state index in [-0.39, 0.29) is 29.0 Å². The molecule has 1 atom stereocenters. The lowest BCUT2D eigenvalue weighted by molar-refractivity contribution is -0.0527. The first-order valence-corrected chi connectivity index (χ1v) is 10.4. The van der Waals surface area contributed by atoms with E-state index in [2.05, 4.69) is 4.98 Å². The number of rotatable bonds is 4. The molecule has 3 heterocycles. The van der Waals surface area contributed by atoms with Crippen LogP contribution in [0.1, 0.15) is 6.42 Å². The fourth-order valence-electron chi connectivity index (χ4n) is 3.19. The largest absolute Gasteiger partial charge is 0.511 e. The maximum Gasteiger partial charge on any atom is 0.511 e. The molecular formula is C13H15F3N2O5S2. The predicted molar refractivity (Wildman–Crippen MR) is 80.9 cm³/mol. The standard InChI is InChI=1S/C13H15F3N2O5S2/c14-13(15,16)25(21,22)18-8-12(9-18)10(4-6-24(12,19)20)7-23-11-3-1-2-5-17-11/h1-3,5,10H,4,6-9H2/t10-/m1/s1. The molecule has 2 aliphatic rings. The van der Waals surface area contributed by atoms with Crippen LogP contribution < -0.4 is 4.74 Å². The van der Waals surface area contributed by atoms with E-state index < -0.39 is 49.1 Å². The van der Waals surface area contributed by atoms with Crippen LogP contribution in [0.5, 0.6) is 5.88 Å². The molecule has 3 rings (SSSR count). The zero-order chi connectivity index (χ0) is 18.5. The van der Waals surface area contributed by atoms with Gasteiger partial charge in [-0.3, -0.25) is 0 Å². The first kappa shape index (κ1) is 18.4. The molecule has 0 N–H and O–H groups in total. The lowest BCUT2D eigenvalue weighted by atomic mass is 9.85. The van der Waals surface area contributed by atoms with Crippen molar-refractivity contribution in [3.05, 3.63) is 24.4 Å². The summed E-state index contributed by atoms with van der Waals surface area (Å²) in [4.78, 5) is 3.93. The molecule has 0 aromatic carbocycles. The van der Waals surface area contributed by atoms with Crippen molar-refractivity contribution in [3.8, 4) is 5.88 Å². The third-order valence-electron chi connectivity index (χ3n) is 4.69. The molecule has 0 amide bonds. The summed E-state index contributed by atoms with van der Waals surface area (Å²) in [5, 5.41) is 0. The smallest absolute Gasteiger partial charge is 0.477 e. The van der Waals surface area contributed by atoms with E-state index >= 15 is 0 Å². The van der Waals surface area contributed by atoms with Crippen LogP contribution in [-0.2, 0) is 19.9 Å². The second-order valence-electron chi connectivity index (χ2n) is 6.07. The topological polar surface area (TPSA) is 93.6 Å². The number of hydrogen-bond acceptors (Lipinski definition) is 6. The highest BCUT2D eigenvalue weighted by Crippen LogP contribution is 2.47. The summed E-state index contributed by atoms with van der Waals surface area (Å²) in [6.07, 6.45) is 1.69. The third-order valence-corrected chi connectivity index (χ3v) is 8.82. The summed E-state index contributed by atoms with van der Waals surface area (Å²) in [7, 11) is -9.24. The van der Waals surface area contributed by atoms with E-state index in [1.165, 1.54) is 6.20 Å². The molecule has 0 aliphatic carbocycles. The summed E-state index contributed by atoms with van der Waals surface area (Å²) in [6, 6.07) is 4.90. The molecule has 1 spiro atoms. The van der Waals surface area contributed by atoms with Gasteiger partial charge >= 0.3 is 15.5 Å². The van der Waals surface area contributed by atoms with Crippen LogP contribution in [0.2, 0.25) is 0 Å². The van der Waals surface area contributed by atoms with E-state index in [0.29, 0.717) is 0 Å². The van der Waals surface area contributed by atoms with Crippen molar-refractivity contribution in [1.82, 2.24) is 9.29 Å². The minimum absolute atomic E-state index is 0.0594. The molecule has 7 nitrogen and oxygen atoms in total. The Kier molecular flexibility index (Phi) is 4.27. The number of pyridine rings is 1. The summed E-state index contributed by atoms with van der Waals surface area (Å²) < 4.78 is 89.5. The Balaban J connectivity index is 1.77. The normalized spacial score (nSPS) is 25.6. The van der Waals surface area contributed by atoms with Gasteiger partial charge in [-0.15, -0.1) is 0 Å². The summed E-state index contributed by atoms with van der Waals surface area (Å²) in [5.41, 5.74) is -5.45. The molecule has 0 unspecified atom stereocenters. The Bertz CT molecular complexity index is 849. The Hall–Kier alpha value is -1.40. The molecule has 2 fully saturated rings. The number of aromatic nitrogens is 1. The number of nitrogens with zero attached hydrogens (tertiary/aromatic N) is 2. The van der Waals surface area contributed by atoms with E-state index in [4.69, 9.17) is 4.74 Å². The van der Waals surface area contributed by atoms with Crippen molar-refractivity contribution in [3.63, 3.8) is 0 Å². The van der Waals surface area contributed by atoms with E-state index in [1.54, 1.807) is 18.2 Å². The number of alkyl halides is 3. The van der Waals surface area contributed by atoms with Gasteiger partial charge in [0.25, 0.3) is 0 Å². The maximum atomic E-state index is 12.6. The van der Waals surface area contributed by atoms with E-state index in [0.717, 1.165) is 0 Å². The molecule has 1 aromatic rings. The molecule has 140 valence electrons. The first-order chi connectivity index (χ1) is 11.5. The average Bonchev–Trinajstić information content (AvgIpc) is 2.74. The van der Waals surface area contributed by atoms with Gasteiger partial charge in [0, 0.05) is 31.3 Å². The van der Waals surface area contributed by atoms with Crippen molar-refractivity contribution in [1.29, 1.82) is 0 Å². The summed E-state index contributed by atoms with van der Waals surface area (Å²) in [6.45, 7) is -1.46. The number of sulfonamides is 1. The van der Waals surface area contributed by atoms with Gasteiger partial charge in [-0.25, -0.2) is 21.8 Å². The van der Waals surface area contributed by atoms with Crippen LogP contribution in [0, 0.1) is 5.92 Å². The SMILES string of the molecule is O=S1(=O)CC[C@H](COc2ccccn2)C12CN(S(=O)(=O)C(F)(F)F)C2. The summed E-state index contributed by atoms with van der Waals surface area (Å²) >= 11 is 0.